The van der Waals surface area contributed by atoms with Crippen molar-refractivity contribution in [1.29, 1.82) is 0 Å². The molecule has 1 aromatic heterocycles. The van der Waals surface area contributed by atoms with Crippen LogP contribution in [-0.4, -0.2) is 36.3 Å². The molecule has 0 aromatic carbocycles. The lowest BCUT2D eigenvalue weighted by Crippen LogP contribution is -2.26. The van der Waals surface area contributed by atoms with Crippen molar-refractivity contribution in [3.63, 3.8) is 0 Å². The van der Waals surface area contributed by atoms with Gasteiger partial charge in [-0.25, -0.2) is 9.97 Å². The first-order valence-corrected chi connectivity index (χ1v) is 6.61. The van der Waals surface area contributed by atoms with Crippen molar-refractivity contribution in [2.24, 2.45) is 0 Å². The molecular formula is C13H21F3N4. The molecule has 0 aliphatic heterocycles. The molecule has 4 nitrogen and oxygen atoms in total. The first-order valence-electron chi connectivity index (χ1n) is 6.61. The SMILES string of the molecule is CCCNc1nc(C)nc(N(C)CCC(F)(F)F)c1C. The Bertz CT molecular complexity index is 446. The van der Waals surface area contributed by atoms with E-state index in [-0.39, 0.29) is 6.54 Å². The summed E-state index contributed by atoms with van der Waals surface area (Å²) in [6, 6.07) is 0. The normalized spacial score (nSPS) is 11.6. The van der Waals surface area contributed by atoms with Crippen LogP contribution in [0.1, 0.15) is 31.2 Å². The quantitative estimate of drug-likeness (QED) is 0.872. The van der Waals surface area contributed by atoms with E-state index in [0.29, 0.717) is 17.5 Å². The van der Waals surface area contributed by atoms with Gasteiger partial charge in [-0.15, -0.1) is 0 Å². The predicted molar refractivity (Wildman–Crippen MR) is 74.2 cm³/mol. The summed E-state index contributed by atoms with van der Waals surface area (Å²) in [7, 11) is 1.62. The highest BCUT2D eigenvalue weighted by Crippen LogP contribution is 2.25. The Morgan fingerprint density at radius 3 is 2.40 bits per heavy atom. The van der Waals surface area contributed by atoms with Crippen molar-refractivity contribution < 1.29 is 13.2 Å². The highest BCUT2D eigenvalue weighted by Gasteiger charge is 2.27. The van der Waals surface area contributed by atoms with E-state index in [4.69, 9.17) is 0 Å². The third-order valence-corrected chi connectivity index (χ3v) is 2.87. The molecule has 0 saturated heterocycles. The average Bonchev–Trinajstić information content (AvgIpc) is 2.35. The number of nitrogens with one attached hydrogen (secondary N) is 1. The van der Waals surface area contributed by atoms with Crippen molar-refractivity contribution >= 4 is 11.6 Å². The number of anilines is 2. The minimum atomic E-state index is -4.16. The minimum Gasteiger partial charge on any atom is -0.370 e. The highest BCUT2D eigenvalue weighted by molar-refractivity contribution is 5.58. The summed E-state index contributed by atoms with van der Waals surface area (Å²) in [6.07, 6.45) is -4.07. The molecule has 1 rings (SSSR count). The van der Waals surface area contributed by atoms with Crippen LogP contribution in [0.25, 0.3) is 0 Å². The Morgan fingerprint density at radius 2 is 1.85 bits per heavy atom. The van der Waals surface area contributed by atoms with Gasteiger partial charge >= 0.3 is 6.18 Å². The number of hydrogen-bond acceptors (Lipinski definition) is 4. The minimum absolute atomic E-state index is 0.117. The van der Waals surface area contributed by atoms with E-state index in [1.54, 1.807) is 14.0 Å². The molecule has 0 bridgehead atoms. The van der Waals surface area contributed by atoms with Gasteiger partial charge in [0, 0.05) is 25.7 Å². The van der Waals surface area contributed by atoms with Crippen LogP contribution in [0.4, 0.5) is 24.8 Å². The molecule has 7 heteroatoms. The Morgan fingerprint density at radius 1 is 1.20 bits per heavy atom. The second-order valence-electron chi connectivity index (χ2n) is 4.78. The van der Waals surface area contributed by atoms with Gasteiger partial charge in [0.15, 0.2) is 0 Å². The third-order valence-electron chi connectivity index (χ3n) is 2.87. The fraction of sp³-hybridized carbons (Fsp3) is 0.692. The summed E-state index contributed by atoms with van der Waals surface area (Å²) in [6.45, 7) is 6.23. The average molecular weight is 290 g/mol. The number of hydrogen-bond donors (Lipinski definition) is 1. The van der Waals surface area contributed by atoms with E-state index >= 15 is 0 Å². The van der Waals surface area contributed by atoms with Crippen LogP contribution in [0.15, 0.2) is 0 Å². The summed E-state index contributed by atoms with van der Waals surface area (Å²) in [4.78, 5) is 10.1. The van der Waals surface area contributed by atoms with Crippen molar-refractivity contribution in [3.8, 4) is 0 Å². The monoisotopic (exact) mass is 290 g/mol. The molecule has 20 heavy (non-hydrogen) atoms. The van der Waals surface area contributed by atoms with Crippen molar-refractivity contribution in [3.05, 3.63) is 11.4 Å². The van der Waals surface area contributed by atoms with Gasteiger partial charge in [0.05, 0.1) is 6.42 Å². The standard InChI is InChI=1S/C13H21F3N4/c1-5-7-17-11-9(2)12(19-10(3)18-11)20(4)8-6-13(14,15)16/h5-8H2,1-4H3,(H,17,18,19). The van der Waals surface area contributed by atoms with E-state index in [1.807, 2.05) is 13.8 Å². The molecule has 1 heterocycles. The van der Waals surface area contributed by atoms with E-state index in [1.165, 1.54) is 4.90 Å². The number of aromatic nitrogens is 2. The van der Waals surface area contributed by atoms with Crippen LogP contribution in [0.5, 0.6) is 0 Å². The van der Waals surface area contributed by atoms with Crippen LogP contribution in [0.3, 0.4) is 0 Å². The summed E-state index contributed by atoms with van der Waals surface area (Å²) in [5.74, 6) is 1.77. The Hall–Kier alpha value is -1.53. The number of aryl methyl sites for hydroxylation is 1. The Balaban J connectivity index is 2.90. The Labute approximate surface area is 117 Å². The zero-order valence-corrected chi connectivity index (χ0v) is 12.3. The fourth-order valence-corrected chi connectivity index (χ4v) is 1.80. The molecule has 0 spiro atoms. The molecule has 114 valence electrons. The molecule has 0 aliphatic carbocycles. The van der Waals surface area contributed by atoms with Gasteiger partial charge in [-0.3, -0.25) is 0 Å². The molecule has 0 radical (unpaired) electrons. The van der Waals surface area contributed by atoms with Crippen LogP contribution < -0.4 is 10.2 Å². The fourth-order valence-electron chi connectivity index (χ4n) is 1.80. The molecular weight excluding hydrogens is 269 g/mol. The van der Waals surface area contributed by atoms with E-state index in [0.717, 1.165) is 18.5 Å². The van der Waals surface area contributed by atoms with E-state index < -0.39 is 12.6 Å². The van der Waals surface area contributed by atoms with Gasteiger partial charge in [0.1, 0.15) is 17.5 Å². The first kappa shape index (κ1) is 16.5. The molecule has 0 unspecified atom stereocenters. The number of halogens is 3. The third kappa shape index (κ3) is 4.86. The van der Waals surface area contributed by atoms with Gasteiger partial charge in [-0.05, 0) is 20.3 Å². The van der Waals surface area contributed by atoms with Crippen molar-refractivity contribution in [1.82, 2.24) is 9.97 Å². The van der Waals surface area contributed by atoms with Gasteiger partial charge in [-0.2, -0.15) is 13.2 Å². The number of alkyl halides is 3. The lowest BCUT2D eigenvalue weighted by atomic mass is 10.2. The smallest absolute Gasteiger partial charge is 0.370 e. The zero-order valence-electron chi connectivity index (χ0n) is 12.3. The van der Waals surface area contributed by atoms with E-state index in [9.17, 15) is 13.2 Å². The van der Waals surface area contributed by atoms with Crippen LogP contribution >= 0.6 is 0 Å². The van der Waals surface area contributed by atoms with Crippen LogP contribution in [0, 0.1) is 13.8 Å². The maximum atomic E-state index is 12.3. The van der Waals surface area contributed by atoms with Crippen LogP contribution in [-0.2, 0) is 0 Å². The van der Waals surface area contributed by atoms with Gasteiger partial charge in [0.2, 0.25) is 0 Å². The van der Waals surface area contributed by atoms with Crippen molar-refractivity contribution in [2.75, 3.05) is 30.4 Å². The lowest BCUT2D eigenvalue weighted by Gasteiger charge is -2.22. The Kier molecular flexibility index (Phi) is 5.59. The molecule has 0 saturated carbocycles. The van der Waals surface area contributed by atoms with Crippen LogP contribution in [0.2, 0.25) is 0 Å². The second kappa shape index (κ2) is 6.76. The molecule has 1 aromatic rings. The van der Waals surface area contributed by atoms with E-state index in [2.05, 4.69) is 15.3 Å². The predicted octanol–water partition coefficient (Wildman–Crippen LogP) is 3.30. The number of nitrogens with zero attached hydrogens (tertiary/aromatic N) is 3. The first-order chi connectivity index (χ1) is 9.24. The topological polar surface area (TPSA) is 41.1 Å². The van der Waals surface area contributed by atoms with Gasteiger partial charge < -0.3 is 10.2 Å². The summed E-state index contributed by atoms with van der Waals surface area (Å²) < 4.78 is 36.9. The maximum Gasteiger partial charge on any atom is 0.390 e. The zero-order chi connectivity index (χ0) is 15.3. The molecule has 0 atom stereocenters. The molecule has 0 fully saturated rings. The summed E-state index contributed by atoms with van der Waals surface area (Å²) in [5.41, 5.74) is 0.772. The second-order valence-corrected chi connectivity index (χ2v) is 4.78. The molecule has 0 aliphatic rings. The molecule has 0 amide bonds. The van der Waals surface area contributed by atoms with Crippen molar-refractivity contribution in [2.45, 2.75) is 39.8 Å². The molecule has 1 N–H and O–H groups in total. The maximum absolute atomic E-state index is 12.3. The lowest BCUT2D eigenvalue weighted by molar-refractivity contribution is -0.132. The van der Waals surface area contributed by atoms with Gasteiger partial charge in [-0.1, -0.05) is 6.92 Å². The highest BCUT2D eigenvalue weighted by atomic mass is 19.4. The largest absolute Gasteiger partial charge is 0.390 e. The summed E-state index contributed by atoms with van der Waals surface area (Å²) >= 11 is 0. The summed E-state index contributed by atoms with van der Waals surface area (Å²) in [5, 5.41) is 3.17. The van der Waals surface area contributed by atoms with Gasteiger partial charge in [0.25, 0.3) is 0 Å². The number of rotatable bonds is 6.